The van der Waals surface area contributed by atoms with Crippen LogP contribution in [0.15, 0.2) is 48.5 Å². The van der Waals surface area contributed by atoms with Crippen molar-refractivity contribution in [2.75, 3.05) is 43.1 Å². The van der Waals surface area contributed by atoms with Crippen LogP contribution in [0.2, 0.25) is 0 Å². The Hall–Kier alpha value is -3.35. The molecule has 3 aromatic rings. The Morgan fingerprint density at radius 1 is 1.03 bits per heavy atom. The second kappa shape index (κ2) is 9.20. The van der Waals surface area contributed by atoms with Gasteiger partial charge in [-0.1, -0.05) is 37.3 Å². The fourth-order valence-corrected chi connectivity index (χ4v) is 3.87. The van der Waals surface area contributed by atoms with Crippen LogP contribution in [-0.2, 0) is 0 Å². The number of piperazine rings is 1. The van der Waals surface area contributed by atoms with E-state index < -0.39 is 0 Å². The largest absolute Gasteiger partial charge is 0.497 e. The fourth-order valence-electron chi connectivity index (χ4n) is 3.87. The van der Waals surface area contributed by atoms with E-state index in [1.54, 1.807) is 7.11 Å². The predicted octanol–water partition coefficient (Wildman–Crippen LogP) is 3.49. The van der Waals surface area contributed by atoms with Crippen LogP contribution in [0.3, 0.4) is 0 Å². The number of amides is 1. The van der Waals surface area contributed by atoms with Crippen LogP contribution in [0, 0.1) is 0 Å². The van der Waals surface area contributed by atoms with Crippen LogP contribution in [0.5, 0.6) is 5.75 Å². The Bertz CT molecular complexity index is 1060. The van der Waals surface area contributed by atoms with Crippen LogP contribution in [-0.4, -0.2) is 55.4 Å². The molecule has 0 radical (unpaired) electrons. The van der Waals surface area contributed by atoms with Gasteiger partial charge in [0.15, 0.2) is 11.5 Å². The number of nitrogens with one attached hydrogen (secondary N) is 1. The van der Waals surface area contributed by atoms with E-state index in [0.29, 0.717) is 5.69 Å². The van der Waals surface area contributed by atoms with Gasteiger partial charge in [0.25, 0.3) is 5.91 Å². The zero-order valence-electron chi connectivity index (χ0n) is 18.3. The first-order valence-corrected chi connectivity index (χ1v) is 10.8. The van der Waals surface area contributed by atoms with Gasteiger partial charge in [-0.25, -0.2) is 0 Å². The summed E-state index contributed by atoms with van der Waals surface area (Å²) < 4.78 is 5.36. The summed E-state index contributed by atoms with van der Waals surface area (Å²) >= 11 is 0. The molecule has 1 saturated heterocycles. The van der Waals surface area contributed by atoms with Crippen LogP contribution in [0.25, 0.3) is 10.8 Å². The molecule has 1 N–H and O–H groups in total. The van der Waals surface area contributed by atoms with E-state index in [-0.39, 0.29) is 11.9 Å². The number of nitrogens with zero attached hydrogens (tertiary/aromatic N) is 4. The highest BCUT2D eigenvalue weighted by molar-refractivity contribution is 6.07. The monoisotopic (exact) mass is 419 g/mol. The van der Waals surface area contributed by atoms with Crippen molar-refractivity contribution in [2.45, 2.75) is 26.3 Å². The number of anilines is 2. The molecule has 1 aliphatic rings. The number of aromatic nitrogens is 2. The highest BCUT2D eigenvalue weighted by atomic mass is 16.5. The van der Waals surface area contributed by atoms with E-state index in [2.05, 4.69) is 37.4 Å². The summed E-state index contributed by atoms with van der Waals surface area (Å²) in [5.74, 6) is 1.52. The maximum absolute atomic E-state index is 12.7. The SMILES string of the molecule is CC[C@H](C)NC(=O)c1nnc(N2CCN(c3cccc(OC)c3)CC2)c2ccccc12. The number of benzene rings is 2. The van der Waals surface area contributed by atoms with Gasteiger partial charge in [-0.15, -0.1) is 10.2 Å². The molecular weight excluding hydrogens is 390 g/mol. The first kappa shape index (κ1) is 20.9. The third kappa shape index (κ3) is 4.40. The molecule has 162 valence electrons. The minimum absolute atomic E-state index is 0.0948. The third-order valence-corrected chi connectivity index (χ3v) is 5.87. The lowest BCUT2D eigenvalue weighted by Crippen LogP contribution is -2.47. The molecule has 2 heterocycles. The second-order valence-electron chi connectivity index (χ2n) is 7.88. The maximum atomic E-state index is 12.7. The molecule has 1 aliphatic heterocycles. The summed E-state index contributed by atoms with van der Waals surface area (Å²) in [6, 6.07) is 16.1. The molecule has 31 heavy (non-hydrogen) atoms. The van der Waals surface area contributed by atoms with Crippen molar-refractivity contribution in [3.05, 3.63) is 54.2 Å². The van der Waals surface area contributed by atoms with Crippen molar-refractivity contribution >= 4 is 28.2 Å². The summed E-state index contributed by atoms with van der Waals surface area (Å²) in [6.07, 6.45) is 0.868. The molecule has 1 atom stereocenters. The average molecular weight is 420 g/mol. The van der Waals surface area contributed by atoms with Gasteiger partial charge in [-0.05, 0) is 25.5 Å². The van der Waals surface area contributed by atoms with E-state index in [9.17, 15) is 4.79 Å². The third-order valence-electron chi connectivity index (χ3n) is 5.87. The van der Waals surface area contributed by atoms with Gasteiger partial charge < -0.3 is 19.9 Å². The van der Waals surface area contributed by atoms with Crippen molar-refractivity contribution < 1.29 is 9.53 Å². The average Bonchev–Trinajstić information content (AvgIpc) is 2.83. The molecule has 0 unspecified atom stereocenters. The first-order valence-electron chi connectivity index (χ1n) is 10.8. The summed E-state index contributed by atoms with van der Waals surface area (Å²) in [4.78, 5) is 17.3. The van der Waals surface area contributed by atoms with Gasteiger partial charge >= 0.3 is 0 Å². The van der Waals surface area contributed by atoms with Gasteiger partial charge in [0.05, 0.1) is 7.11 Å². The molecule has 0 aliphatic carbocycles. The molecule has 0 bridgehead atoms. The van der Waals surface area contributed by atoms with Crippen molar-refractivity contribution in [3.8, 4) is 5.75 Å². The molecule has 1 fully saturated rings. The summed E-state index contributed by atoms with van der Waals surface area (Å²) in [6.45, 7) is 7.44. The Labute approximate surface area is 183 Å². The van der Waals surface area contributed by atoms with Crippen LogP contribution in [0.1, 0.15) is 30.8 Å². The van der Waals surface area contributed by atoms with E-state index in [4.69, 9.17) is 4.74 Å². The minimum Gasteiger partial charge on any atom is -0.497 e. The van der Waals surface area contributed by atoms with Crippen molar-refractivity contribution in [2.24, 2.45) is 0 Å². The van der Waals surface area contributed by atoms with E-state index in [1.165, 1.54) is 0 Å². The van der Waals surface area contributed by atoms with Crippen molar-refractivity contribution in [3.63, 3.8) is 0 Å². The van der Waals surface area contributed by atoms with E-state index in [1.807, 2.05) is 50.2 Å². The van der Waals surface area contributed by atoms with Crippen LogP contribution < -0.4 is 19.9 Å². The van der Waals surface area contributed by atoms with Gasteiger partial charge in [-0.3, -0.25) is 4.79 Å². The highest BCUT2D eigenvalue weighted by Crippen LogP contribution is 2.28. The lowest BCUT2D eigenvalue weighted by atomic mass is 10.1. The minimum atomic E-state index is -0.174. The molecule has 1 aromatic heterocycles. The van der Waals surface area contributed by atoms with Gasteiger partial charge in [0.1, 0.15) is 5.75 Å². The normalized spacial score (nSPS) is 15.1. The predicted molar refractivity (Wildman–Crippen MR) is 124 cm³/mol. The summed E-state index contributed by atoms with van der Waals surface area (Å²) in [5, 5.41) is 13.6. The molecule has 2 aromatic carbocycles. The number of ether oxygens (including phenoxy) is 1. The topological polar surface area (TPSA) is 70.6 Å². The van der Waals surface area contributed by atoms with Crippen LogP contribution in [0.4, 0.5) is 11.5 Å². The van der Waals surface area contributed by atoms with Gasteiger partial charge in [-0.2, -0.15) is 0 Å². The number of carbonyl (C=O) groups is 1. The molecule has 0 spiro atoms. The molecular formula is C24H29N5O2. The molecule has 4 rings (SSSR count). The lowest BCUT2D eigenvalue weighted by Gasteiger charge is -2.37. The Morgan fingerprint density at radius 3 is 2.45 bits per heavy atom. The van der Waals surface area contributed by atoms with Crippen molar-refractivity contribution in [1.82, 2.24) is 15.5 Å². The highest BCUT2D eigenvalue weighted by Gasteiger charge is 2.23. The van der Waals surface area contributed by atoms with Crippen LogP contribution >= 0.6 is 0 Å². The number of rotatable bonds is 6. The smallest absolute Gasteiger partial charge is 0.272 e. The molecule has 1 amide bonds. The Kier molecular flexibility index (Phi) is 6.21. The first-order chi connectivity index (χ1) is 15.1. The fraction of sp³-hybridized carbons (Fsp3) is 0.375. The maximum Gasteiger partial charge on any atom is 0.272 e. The number of carbonyl (C=O) groups excluding carboxylic acids is 1. The Morgan fingerprint density at radius 2 is 1.74 bits per heavy atom. The molecule has 7 heteroatoms. The zero-order valence-corrected chi connectivity index (χ0v) is 18.3. The molecule has 7 nitrogen and oxygen atoms in total. The molecule has 0 saturated carbocycles. The van der Waals surface area contributed by atoms with Gasteiger partial charge in [0.2, 0.25) is 0 Å². The lowest BCUT2D eigenvalue weighted by molar-refractivity contribution is 0.0935. The second-order valence-corrected chi connectivity index (χ2v) is 7.88. The summed E-state index contributed by atoms with van der Waals surface area (Å²) in [5.41, 5.74) is 1.54. The quantitative estimate of drug-likeness (QED) is 0.660. The summed E-state index contributed by atoms with van der Waals surface area (Å²) in [7, 11) is 1.69. The van der Waals surface area contributed by atoms with Crippen molar-refractivity contribution in [1.29, 1.82) is 0 Å². The Balaban J connectivity index is 1.55. The van der Waals surface area contributed by atoms with Gasteiger partial charge in [0, 0.05) is 54.7 Å². The van der Waals surface area contributed by atoms with E-state index >= 15 is 0 Å². The zero-order chi connectivity index (χ0) is 21.8. The van der Waals surface area contributed by atoms with E-state index in [0.717, 1.165) is 60.6 Å². The number of hydrogen-bond acceptors (Lipinski definition) is 6. The number of methoxy groups -OCH3 is 1. The standard InChI is InChI=1S/C24H29N5O2/c1-4-17(2)25-24(30)22-20-10-5-6-11-21(20)23(27-26-22)29-14-12-28(13-15-29)18-8-7-9-19(16-18)31-3/h5-11,16-17H,4,12-15H2,1-3H3,(H,25,30)/t17-/m0/s1. The number of fused-ring (bicyclic) bond motifs is 1. The number of hydrogen-bond donors (Lipinski definition) is 1.